The summed E-state index contributed by atoms with van der Waals surface area (Å²) in [4.78, 5) is 34.4. The van der Waals surface area contributed by atoms with Gasteiger partial charge in [0.15, 0.2) is 15.8 Å². The fraction of sp³-hybridized carbons (Fsp3) is 0.556. The standard InChI is InChI=1S/C18H19F3N2O2S2/c1-10-9-22-16(26-10)17-23-14(15(27-17)11-7-8-11)12(24)5-3-2-4-6-13(25)18(19,20)21/h9,11H,2-8H2,1H3. The number of unbranched alkanes of at least 4 members (excludes halogenated alkanes) is 2. The molecule has 2 heterocycles. The highest BCUT2D eigenvalue weighted by molar-refractivity contribution is 7.21. The molecule has 3 rings (SSSR count). The number of aryl methyl sites for hydroxylation is 1. The Kier molecular flexibility index (Phi) is 6.10. The first-order valence-electron chi connectivity index (χ1n) is 8.82. The molecule has 0 bridgehead atoms. The van der Waals surface area contributed by atoms with E-state index in [0.29, 0.717) is 24.5 Å². The van der Waals surface area contributed by atoms with E-state index >= 15 is 0 Å². The fourth-order valence-electron chi connectivity index (χ4n) is 2.71. The minimum absolute atomic E-state index is 0.0742. The van der Waals surface area contributed by atoms with Gasteiger partial charge in [-0.3, -0.25) is 9.59 Å². The molecule has 27 heavy (non-hydrogen) atoms. The SMILES string of the molecule is Cc1cnc(-c2nc(C(=O)CCCCCC(=O)C(F)(F)F)c(C3CC3)s2)s1. The van der Waals surface area contributed by atoms with Crippen LogP contribution < -0.4 is 0 Å². The number of thiazole rings is 2. The normalized spacial score (nSPS) is 14.5. The van der Waals surface area contributed by atoms with Crippen molar-refractivity contribution in [2.24, 2.45) is 0 Å². The van der Waals surface area contributed by atoms with Gasteiger partial charge in [0.05, 0.1) is 0 Å². The molecule has 0 radical (unpaired) electrons. The number of Topliss-reactive ketones (excluding diaryl/α,β-unsaturated/α-hetero) is 2. The first-order chi connectivity index (χ1) is 12.8. The molecular weight excluding hydrogens is 397 g/mol. The summed E-state index contributed by atoms with van der Waals surface area (Å²) in [5, 5.41) is 1.57. The zero-order valence-corrected chi connectivity index (χ0v) is 16.4. The van der Waals surface area contributed by atoms with Gasteiger partial charge in [0.25, 0.3) is 0 Å². The summed E-state index contributed by atoms with van der Waals surface area (Å²) in [7, 11) is 0. The zero-order chi connectivity index (χ0) is 19.6. The fourth-order valence-corrected chi connectivity index (χ4v) is 4.75. The van der Waals surface area contributed by atoms with Gasteiger partial charge in [-0.15, -0.1) is 22.7 Å². The maximum Gasteiger partial charge on any atom is 0.449 e. The predicted octanol–water partition coefficient (Wildman–Crippen LogP) is 5.72. The van der Waals surface area contributed by atoms with Gasteiger partial charge in [-0.25, -0.2) is 9.97 Å². The van der Waals surface area contributed by atoms with Crippen LogP contribution in [0.15, 0.2) is 6.20 Å². The summed E-state index contributed by atoms with van der Waals surface area (Å²) in [6, 6.07) is 0. The number of carbonyl (C=O) groups is 2. The second kappa shape index (κ2) is 8.18. The monoisotopic (exact) mass is 416 g/mol. The second-order valence-electron chi connectivity index (χ2n) is 6.69. The molecule has 0 unspecified atom stereocenters. The maximum absolute atomic E-state index is 12.6. The largest absolute Gasteiger partial charge is 0.449 e. The number of carbonyl (C=O) groups excluding carboxylic acids is 2. The number of nitrogens with zero attached hydrogens (tertiary/aromatic N) is 2. The molecule has 1 aliphatic carbocycles. The lowest BCUT2D eigenvalue weighted by atomic mass is 10.1. The van der Waals surface area contributed by atoms with Gasteiger partial charge in [-0.05, 0) is 38.5 Å². The molecule has 0 N–H and O–H groups in total. The van der Waals surface area contributed by atoms with Crippen molar-refractivity contribution in [1.29, 1.82) is 0 Å². The van der Waals surface area contributed by atoms with Crippen molar-refractivity contribution in [3.63, 3.8) is 0 Å². The van der Waals surface area contributed by atoms with Gasteiger partial charge in [0.1, 0.15) is 5.69 Å². The molecule has 0 atom stereocenters. The number of ketones is 2. The van der Waals surface area contributed by atoms with E-state index in [4.69, 9.17) is 0 Å². The second-order valence-corrected chi connectivity index (χ2v) is 8.95. The Morgan fingerprint density at radius 2 is 1.81 bits per heavy atom. The molecule has 0 spiro atoms. The minimum atomic E-state index is -4.76. The average molecular weight is 416 g/mol. The van der Waals surface area contributed by atoms with E-state index in [2.05, 4.69) is 9.97 Å². The Balaban J connectivity index is 1.56. The zero-order valence-electron chi connectivity index (χ0n) is 14.8. The number of halogens is 3. The Bertz CT molecular complexity index is 838. The third kappa shape index (κ3) is 5.22. The van der Waals surface area contributed by atoms with Crippen LogP contribution in [0.1, 0.15) is 71.1 Å². The smallest absolute Gasteiger partial charge is 0.292 e. The Morgan fingerprint density at radius 3 is 2.41 bits per heavy atom. The van der Waals surface area contributed by atoms with Crippen LogP contribution in [0.2, 0.25) is 0 Å². The first kappa shape index (κ1) is 20.1. The number of hydrogen-bond donors (Lipinski definition) is 0. The number of aromatic nitrogens is 2. The van der Waals surface area contributed by atoms with Crippen molar-refractivity contribution in [2.45, 2.75) is 64.0 Å². The Morgan fingerprint density at radius 1 is 1.11 bits per heavy atom. The third-order valence-electron chi connectivity index (χ3n) is 4.29. The Hall–Kier alpha value is -1.61. The van der Waals surface area contributed by atoms with Crippen LogP contribution >= 0.6 is 22.7 Å². The van der Waals surface area contributed by atoms with Gasteiger partial charge < -0.3 is 0 Å². The van der Waals surface area contributed by atoms with E-state index in [0.717, 1.165) is 32.6 Å². The van der Waals surface area contributed by atoms with Crippen molar-refractivity contribution in [3.8, 4) is 10.0 Å². The molecule has 9 heteroatoms. The predicted molar refractivity (Wildman–Crippen MR) is 98.4 cm³/mol. The lowest BCUT2D eigenvalue weighted by Crippen LogP contribution is -2.22. The van der Waals surface area contributed by atoms with E-state index < -0.39 is 18.4 Å². The summed E-state index contributed by atoms with van der Waals surface area (Å²) in [6.07, 6.45) is -0.151. The number of rotatable bonds is 9. The van der Waals surface area contributed by atoms with Crippen molar-refractivity contribution in [3.05, 3.63) is 21.6 Å². The molecule has 0 amide bonds. The topological polar surface area (TPSA) is 59.9 Å². The molecule has 0 saturated heterocycles. The molecule has 2 aromatic heterocycles. The lowest BCUT2D eigenvalue weighted by molar-refractivity contribution is -0.171. The number of alkyl halides is 3. The van der Waals surface area contributed by atoms with Crippen LogP contribution in [-0.2, 0) is 4.79 Å². The van der Waals surface area contributed by atoms with Crippen molar-refractivity contribution >= 4 is 34.2 Å². The highest BCUT2D eigenvalue weighted by Crippen LogP contribution is 2.46. The Labute approximate surface area is 162 Å². The quantitative estimate of drug-likeness (QED) is 0.388. The van der Waals surface area contributed by atoms with Crippen LogP contribution in [0, 0.1) is 6.92 Å². The summed E-state index contributed by atoms with van der Waals surface area (Å²) in [6.45, 7) is 1.96. The summed E-state index contributed by atoms with van der Waals surface area (Å²) in [5.41, 5.74) is 0.497. The van der Waals surface area contributed by atoms with Gasteiger partial charge in [0.2, 0.25) is 5.78 Å². The molecular formula is C18H19F3N2O2S2. The van der Waals surface area contributed by atoms with Crippen LogP contribution in [0.5, 0.6) is 0 Å². The van der Waals surface area contributed by atoms with Crippen LogP contribution in [0.25, 0.3) is 10.0 Å². The molecule has 0 aromatic carbocycles. The van der Waals surface area contributed by atoms with Crippen molar-refractivity contribution in [2.75, 3.05) is 0 Å². The lowest BCUT2D eigenvalue weighted by Gasteiger charge is -2.04. The van der Waals surface area contributed by atoms with E-state index in [1.54, 1.807) is 6.20 Å². The van der Waals surface area contributed by atoms with Crippen LogP contribution in [0.3, 0.4) is 0 Å². The van der Waals surface area contributed by atoms with Crippen molar-refractivity contribution < 1.29 is 22.8 Å². The first-order valence-corrected chi connectivity index (χ1v) is 10.5. The third-order valence-corrected chi connectivity index (χ3v) is 6.57. The van der Waals surface area contributed by atoms with Gasteiger partial charge in [0, 0.05) is 28.8 Å². The molecule has 1 aliphatic rings. The van der Waals surface area contributed by atoms with Gasteiger partial charge in [-0.2, -0.15) is 13.2 Å². The van der Waals surface area contributed by atoms with E-state index in [9.17, 15) is 22.8 Å². The molecule has 1 saturated carbocycles. The summed E-state index contributed by atoms with van der Waals surface area (Å²) >= 11 is 3.06. The van der Waals surface area contributed by atoms with E-state index in [-0.39, 0.29) is 18.6 Å². The van der Waals surface area contributed by atoms with Gasteiger partial charge in [-0.1, -0.05) is 6.42 Å². The highest BCUT2D eigenvalue weighted by Gasteiger charge is 2.37. The van der Waals surface area contributed by atoms with Gasteiger partial charge >= 0.3 is 6.18 Å². The van der Waals surface area contributed by atoms with Crippen LogP contribution in [-0.4, -0.2) is 27.7 Å². The molecule has 2 aromatic rings. The number of hydrogen-bond acceptors (Lipinski definition) is 6. The van der Waals surface area contributed by atoms with Crippen molar-refractivity contribution in [1.82, 2.24) is 9.97 Å². The molecule has 4 nitrogen and oxygen atoms in total. The summed E-state index contributed by atoms with van der Waals surface area (Å²) in [5.74, 6) is -1.39. The van der Waals surface area contributed by atoms with E-state index in [1.165, 1.54) is 22.7 Å². The van der Waals surface area contributed by atoms with Crippen LogP contribution in [0.4, 0.5) is 13.2 Å². The molecule has 0 aliphatic heterocycles. The molecule has 146 valence electrons. The summed E-state index contributed by atoms with van der Waals surface area (Å²) < 4.78 is 36.5. The molecule has 1 fully saturated rings. The highest BCUT2D eigenvalue weighted by atomic mass is 32.1. The maximum atomic E-state index is 12.6. The van der Waals surface area contributed by atoms with E-state index in [1.807, 2.05) is 6.92 Å². The minimum Gasteiger partial charge on any atom is -0.292 e. The average Bonchev–Trinajstić information content (AvgIpc) is 3.19.